The molecule has 0 aliphatic carbocycles. The summed E-state index contributed by atoms with van der Waals surface area (Å²) in [5, 5.41) is 13.7. The van der Waals surface area contributed by atoms with Gasteiger partial charge in [-0.1, -0.05) is 0 Å². The molecule has 2 heterocycles. The minimum absolute atomic E-state index is 0.138. The first-order valence-electron chi connectivity index (χ1n) is 7.88. The molecule has 1 aromatic carbocycles. The lowest BCUT2D eigenvalue weighted by molar-refractivity contribution is -0.142. The second-order valence-electron chi connectivity index (χ2n) is 5.80. The lowest BCUT2D eigenvalue weighted by Crippen LogP contribution is -2.39. The van der Waals surface area contributed by atoms with Crippen LogP contribution in [0.3, 0.4) is 0 Å². The number of likely N-dealkylation sites (tertiary alicyclic amines) is 1. The lowest BCUT2D eigenvalue weighted by Gasteiger charge is -2.32. The fourth-order valence-electron chi connectivity index (χ4n) is 3.39. The fourth-order valence-corrected chi connectivity index (χ4v) is 4.07. The molecule has 1 aromatic heterocycles. The van der Waals surface area contributed by atoms with Crippen LogP contribution in [-0.2, 0) is 4.79 Å². The van der Waals surface area contributed by atoms with E-state index in [-0.39, 0.29) is 6.04 Å². The second kappa shape index (κ2) is 7.23. The average Bonchev–Trinajstić information content (AvgIpc) is 3.27. The molecule has 2 aromatic rings. The molecule has 0 radical (unpaired) electrons. The Balaban J connectivity index is 2.08. The first-order valence-corrected chi connectivity index (χ1v) is 8.82. The van der Waals surface area contributed by atoms with Crippen molar-refractivity contribution in [2.75, 3.05) is 20.8 Å². The first-order chi connectivity index (χ1) is 11.7. The van der Waals surface area contributed by atoms with E-state index in [0.717, 1.165) is 29.8 Å². The highest BCUT2D eigenvalue weighted by Crippen LogP contribution is 2.40. The maximum atomic E-state index is 11.7. The van der Waals surface area contributed by atoms with Gasteiger partial charge in [0.05, 0.1) is 20.3 Å². The molecule has 128 valence electrons. The summed E-state index contributed by atoms with van der Waals surface area (Å²) in [7, 11) is 3.24. The van der Waals surface area contributed by atoms with E-state index in [4.69, 9.17) is 9.47 Å². The summed E-state index contributed by atoms with van der Waals surface area (Å²) >= 11 is 1.61. The van der Waals surface area contributed by atoms with Gasteiger partial charge in [-0.15, -0.1) is 0 Å². The highest BCUT2D eigenvalue weighted by molar-refractivity contribution is 7.08. The molecule has 1 saturated heterocycles. The van der Waals surface area contributed by atoms with Crippen LogP contribution in [0.1, 0.15) is 30.0 Å². The van der Waals surface area contributed by atoms with Gasteiger partial charge in [-0.2, -0.15) is 11.3 Å². The van der Waals surface area contributed by atoms with E-state index in [1.165, 1.54) is 0 Å². The molecule has 0 saturated carbocycles. The van der Waals surface area contributed by atoms with Crippen LogP contribution in [0.5, 0.6) is 11.5 Å². The molecular weight excluding hydrogens is 326 g/mol. The van der Waals surface area contributed by atoms with E-state index in [1.54, 1.807) is 25.6 Å². The van der Waals surface area contributed by atoms with Gasteiger partial charge in [0.2, 0.25) is 0 Å². The van der Waals surface area contributed by atoms with Crippen LogP contribution < -0.4 is 9.47 Å². The second-order valence-corrected chi connectivity index (χ2v) is 6.58. The Labute approximate surface area is 145 Å². The van der Waals surface area contributed by atoms with Crippen molar-refractivity contribution in [3.05, 3.63) is 46.2 Å². The standard InChI is InChI=1S/C18H21NO4S/c1-22-13-5-6-14(16(10-13)23-2)17(12-7-9-24-11-12)19-8-3-4-15(19)18(20)21/h5-7,9-11,15,17H,3-4,8H2,1-2H3,(H,20,21). The number of rotatable bonds is 6. The molecule has 5 nitrogen and oxygen atoms in total. The molecule has 1 aliphatic heterocycles. The highest BCUT2D eigenvalue weighted by atomic mass is 32.1. The molecule has 0 spiro atoms. The van der Waals surface area contributed by atoms with Crippen LogP contribution in [0.15, 0.2) is 35.0 Å². The Kier molecular flexibility index (Phi) is 5.06. The van der Waals surface area contributed by atoms with E-state index in [0.29, 0.717) is 12.2 Å². The van der Waals surface area contributed by atoms with Crippen LogP contribution in [0.2, 0.25) is 0 Å². The summed E-state index contributed by atoms with van der Waals surface area (Å²) in [6.45, 7) is 0.757. The van der Waals surface area contributed by atoms with Gasteiger partial charge in [0, 0.05) is 18.2 Å². The van der Waals surface area contributed by atoms with Gasteiger partial charge < -0.3 is 14.6 Å². The molecule has 24 heavy (non-hydrogen) atoms. The van der Waals surface area contributed by atoms with Gasteiger partial charge in [-0.3, -0.25) is 9.69 Å². The largest absolute Gasteiger partial charge is 0.497 e. The summed E-state index contributed by atoms with van der Waals surface area (Å²) in [5.41, 5.74) is 2.06. The number of benzene rings is 1. The summed E-state index contributed by atoms with van der Waals surface area (Å²) in [4.78, 5) is 13.7. The minimum Gasteiger partial charge on any atom is -0.497 e. The van der Waals surface area contributed by atoms with Gasteiger partial charge in [0.15, 0.2) is 0 Å². The van der Waals surface area contributed by atoms with E-state index in [2.05, 4.69) is 16.3 Å². The van der Waals surface area contributed by atoms with E-state index in [9.17, 15) is 9.90 Å². The van der Waals surface area contributed by atoms with Gasteiger partial charge in [-0.25, -0.2) is 0 Å². The number of carboxylic acids is 1. The monoisotopic (exact) mass is 347 g/mol. The molecule has 2 atom stereocenters. The van der Waals surface area contributed by atoms with Crippen molar-refractivity contribution in [1.82, 2.24) is 4.90 Å². The summed E-state index contributed by atoms with van der Waals surface area (Å²) in [6, 6.07) is 7.15. The Morgan fingerprint density at radius 3 is 2.79 bits per heavy atom. The third kappa shape index (κ3) is 3.12. The third-order valence-corrected chi connectivity index (χ3v) is 5.21. The van der Waals surface area contributed by atoms with E-state index >= 15 is 0 Å². The quantitative estimate of drug-likeness (QED) is 0.868. The molecular formula is C18H21NO4S. The van der Waals surface area contributed by atoms with Crippen molar-refractivity contribution >= 4 is 17.3 Å². The van der Waals surface area contributed by atoms with Crippen molar-refractivity contribution in [3.8, 4) is 11.5 Å². The predicted octanol–water partition coefficient (Wildman–Crippen LogP) is 3.40. The minimum atomic E-state index is -0.764. The fraction of sp³-hybridized carbons (Fsp3) is 0.389. The smallest absolute Gasteiger partial charge is 0.320 e. The number of methoxy groups -OCH3 is 2. The Bertz CT molecular complexity index is 701. The Morgan fingerprint density at radius 1 is 1.33 bits per heavy atom. The Hall–Kier alpha value is -2.05. The SMILES string of the molecule is COc1ccc(C(c2ccsc2)N2CCCC2C(=O)O)c(OC)c1. The zero-order valence-corrected chi connectivity index (χ0v) is 14.6. The summed E-state index contributed by atoms with van der Waals surface area (Å²) in [5.74, 6) is 0.665. The normalized spacial score (nSPS) is 19.2. The van der Waals surface area contributed by atoms with Crippen LogP contribution in [0, 0.1) is 0 Å². The van der Waals surface area contributed by atoms with Crippen LogP contribution >= 0.6 is 11.3 Å². The van der Waals surface area contributed by atoms with Crippen molar-refractivity contribution in [2.45, 2.75) is 24.9 Å². The third-order valence-electron chi connectivity index (χ3n) is 4.51. The Morgan fingerprint density at radius 2 is 2.17 bits per heavy atom. The van der Waals surface area contributed by atoms with Crippen LogP contribution in [-0.4, -0.2) is 42.8 Å². The van der Waals surface area contributed by atoms with Crippen molar-refractivity contribution in [1.29, 1.82) is 0 Å². The number of hydrogen-bond acceptors (Lipinski definition) is 5. The van der Waals surface area contributed by atoms with Gasteiger partial charge in [0.25, 0.3) is 0 Å². The van der Waals surface area contributed by atoms with Crippen molar-refractivity contribution in [2.24, 2.45) is 0 Å². The average molecular weight is 347 g/mol. The number of hydrogen-bond donors (Lipinski definition) is 1. The maximum absolute atomic E-state index is 11.7. The number of ether oxygens (including phenoxy) is 2. The van der Waals surface area contributed by atoms with Gasteiger partial charge >= 0.3 is 5.97 Å². The number of carbonyl (C=O) groups is 1. The predicted molar refractivity (Wildman–Crippen MR) is 93.1 cm³/mol. The molecule has 3 rings (SSSR count). The van der Waals surface area contributed by atoms with Crippen molar-refractivity contribution < 1.29 is 19.4 Å². The summed E-state index contributed by atoms with van der Waals surface area (Å²) < 4.78 is 10.9. The lowest BCUT2D eigenvalue weighted by atomic mass is 9.97. The molecule has 0 amide bonds. The highest BCUT2D eigenvalue weighted by Gasteiger charge is 2.38. The topological polar surface area (TPSA) is 59.0 Å². The number of nitrogens with zero attached hydrogens (tertiary/aromatic N) is 1. The van der Waals surface area contributed by atoms with Crippen molar-refractivity contribution in [3.63, 3.8) is 0 Å². The van der Waals surface area contributed by atoms with Crippen LogP contribution in [0.4, 0.5) is 0 Å². The number of carboxylic acid groups (broad SMARTS) is 1. The van der Waals surface area contributed by atoms with Crippen LogP contribution in [0.25, 0.3) is 0 Å². The zero-order valence-electron chi connectivity index (χ0n) is 13.8. The van der Waals surface area contributed by atoms with E-state index < -0.39 is 12.0 Å². The van der Waals surface area contributed by atoms with Gasteiger partial charge in [0.1, 0.15) is 17.5 Å². The van der Waals surface area contributed by atoms with E-state index in [1.807, 2.05) is 23.6 Å². The summed E-state index contributed by atoms with van der Waals surface area (Å²) in [6.07, 6.45) is 1.56. The number of aliphatic carboxylic acids is 1. The first kappa shape index (κ1) is 16.8. The molecule has 1 aliphatic rings. The zero-order chi connectivity index (χ0) is 17.1. The molecule has 1 fully saturated rings. The maximum Gasteiger partial charge on any atom is 0.320 e. The number of thiophene rings is 1. The van der Waals surface area contributed by atoms with Gasteiger partial charge in [-0.05, 0) is 47.4 Å². The molecule has 0 bridgehead atoms. The molecule has 6 heteroatoms. The molecule has 2 unspecified atom stereocenters. The molecule has 1 N–H and O–H groups in total.